The Morgan fingerprint density at radius 3 is 3.04 bits per heavy atom. The van der Waals surface area contributed by atoms with Gasteiger partial charge in [0, 0.05) is 42.8 Å². The second-order valence-corrected chi connectivity index (χ2v) is 8.01. The Bertz CT molecular complexity index is 963. The molecule has 0 saturated heterocycles. The molecule has 28 heavy (non-hydrogen) atoms. The van der Waals surface area contributed by atoms with Gasteiger partial charge in [0.1, 0.15) is 11.6 Å². The molecule has 0 radical (unpaired) electrons. The number of hydrogen-bond donors (Lipinski definition) is 3. The molecule has 0 bridgehead atoms. The Kier molecular flexibility index (Phi) is 5.63. The molecule has 3 aromatic rings. The summed E-state index contributed by atoms with van der Waals surface area (Å²) < 4.78 is 3.32. The first kappa shape index (κ1) is 18.9. The average Bonchev–Trinajstić information content (AvgIpc) is 3.08. The summed E-state index contributed by atoms with van der Waals surface area (Å²) in [5, 5.41) is 32.4. The van der Waals surface area contributed by atoms with Gasteiger partial charge >= 0.3 is 0 Å². The Balaban J connectivity index is 1.60. The summed E-state index contributed by atoms with van der Waals surface area (Å²) in [6.07, 6.45) is 9.08. The number of aliphatic hydroxyl groups is 1. The van der Waals surface area contributed by atoms with Gasteiger partial charge in [-0.15, -0.1) is 0 Å². The van der Waals surface area contributed by atoms with Gasteiger partial charge < -0.3 is 20.9 Å². The number of aromatic nitrogens is 4. The largest absolute Gasteiger partial charge is 0.619 e. The summed E-state index contributed by atoms with van der Waals surface area (Å²) in [6, 6.07) is 5.74. The van der Waals surface area contributed by atoms with E-state index in [2.05, 4.69) is 31.7 Å². The lowest BCUT2D eigenvalue weighted by atomic mass is 9.85. The van der Waals surface area contributed by atoms with Gasteiger partial charge in [0.15, 0.2) is 18.0 Å². The first-order valence-electron chi connectivity index (χ1n) is 9.47. The Hall–Kier alpha value is -2.39. The maximum absolute atomic E-state index is 11.5. The number of hydrogen-bond acceptors (Lipinski definition) is 6. The predicted octanol–water partition coefficient (Wildman–Crippen LogP) is 2.70. The summed E-state index contributed by atoms with van der Waals surface area (Å²) in [4.78, 5) is 4.69. The van der Waals surface area contributed by atoms with Crippen LogP contribution in [0.15, 0.2) is 41.3 Å². The van der Waals surface area contributed by atoms with Gasteiger partial charge in [0.25, 0.3) is 0 Å². The molecular formula is C19H23BrN6O2. The average molecular weight is 447 g/mol. The molecule has 8 nitrogen and oxygen atoms in total. The van der Waals surface area contributed by atoms with Crippen LogP contribution in [0.3, 0.4) is 0 Å². The first-order chi connectivity index (χ1) is 13.6. The van der Waals surface area contributed by atoms with Crippen molar-refractivity contribution in [3.05, 3.63) is 52.0 Å². The third-order valence-electron chi connectivity index (χ3n) is 5.22. The Morgan fingerprint density at radius 2 is 2.21 bits per heavy atom. The zero-order valence-corrected chi connectivity index (χ0v) is 17.0. The van der Waals surface area contributed by atoms with Crippen LogP contribution in [0.5, 0.6) is 0 Å². The number of fused-ring (bicyclic) bond motifs is 1. The fourth-order valence-corrected chi connectivity index (χ4v) is 4.09. The number of nitrogens with zero attached hydrogens (tertiary/aromatic N) is 4. The van der Waals surface area contributed by atoms with E-state index in [-0.39, 0.29) is 18.6 Å². The van der Waals surface area contributed by atoms with E-state index in [0.717, 1.165) is 52.1 Å². The lowest BCUT2D eigenvalue weighted by molar-refractivity contribution is -0.605. The molecule has 3 N–H and O–H groups in total. The molecule has 4 rings (SSSR count). The predicted molar refractivity (Wildman–Crippen MR) is 110 cm³/mol. The van der Waals surface area contributed by atoms with E-state index in [0.29, 0.717) is 12.2 Å². The molecule has 3 aromatic heterocycles. The van der Waals surface area contributed by atoms with Crippen molar-refractivity contribution < 1.29 is 9.84 Å². The van der Waals surface area contributed by atoms with Gasteiger partial charge in [-0.3, -0.25) is 0 Å². The standard InChI is InChI=1S/C19H23BrN6O2/c20-15-10-22-26-18(21-9-13-4-3-7-25(28)11-13)8-17(24-19(15)26)23-16-6-2-1-5-14(16)12-27/h3-4,7-8,10-11,14,16,21,27H,1-2,5-6,9,12H2,(H,23,24)/t14-,16-/m1/s1. The molecule has 1 saturated carbocycles. The lowest BCUT2D eigenvalue weighted by Crippen LogP contribution is -2.34. The summed E-state index contributed by atoms with van der Waals surface area (Å²) in [6.45, 7) is 0.673. The fraction of sp³-hybridized carbons (Fsp3) is 0.421. The van der Waals surface area contributed by atoms with E-state index >= 15 is 0 Å². The molecule has 0 unspecified atom stereocenters. The van der Waals surface area contributed by atoms with E-state index in [4.69, 9.17) is 4.98 Å². The molecule has 1 aliphatic rings. The van der Waals surface area contributed by atoms with E-state index in [1.807, 2.05) is 12.1 Å². The molecule has 0 amide bonds. The highest BCUT2D eigenvalue weighted by Gasteiger charge is 2.25. The van der Waals surface area contributed by atoms with Crippen LogP contribution in [0, 0.1) is 11.1 Å². The van der Waals surface area contributed by atoms with Crippen molar-refractivity contribution >= 4 is 33.2 Å². The summed E-state index contributed by atoms with van der Waals surface area (Å²) in [7, 11) is 0. The number of rotatable bonds is 6. The molecule has 0 spiro atoms. The fourth-order valence-electron chi connectivity index (χ4n) is 3.74. The lowest BCUT2D eigenvalue weighted by Gasteiger charge is -2.31. The van der Waals surface area contributed by atoms with Crippen LogP contribution in [0.2, 0.25) is 0 Å². The van der Waals surface area contributed by atoms with Crippen molar-refractivity contribution in [1.82, 2.24) is 14.6 Å². The van der Waals surface area contributed by atoms with Gasteiger partial charge in [-0.1, -0.05) is 12.8 Å². The van der Waals surface area contributed by atoms with Gasteiger partial charge in [0.2, 0.25) is 0 Å². The molecular weight excluding hydrogens is 424 g/mol. The van der Waals surface area contributed by atoms with Crippen LogP contribution >= 0.6 is 15.9 Å². The third kappa shape index (κ3) is 4.05. The molecule has 3 heterocycles. The zero-order chi connectivity index (χ0) is 19.5. The van der Waals surface area contributed by atoms with Crippen molar-refractivity contribution in [2.24, 2.45) is 5.92 Å². The number of nitrogens with one attached hydrogen (secondary N) is 2. The van der Waals surface area contributed by atoms with Crippen LogP contribution in [0.4, 0.5) is 11.6 Å². The maximum atomic E-state index is 11.5. The Labute approximate surface area is 171 Å². The normalized spacial score (nSPS) is 19.6. The number of halogens is 1. The quantitative estimate of drug-likeness (QED) is 0.397. The summed E-state index contributed by atoms with van der Waals surface area (Å²) in [5.41, 5.74) is 1.58. The van der Waals surface area contributed by atoms with Crippen LogP contribution in [-0.2, 0) is 6.54 Å². The maximum Gasteiger partial charge on any atom is 0.185 e. The SMILES string of the molecule is [O-][n+]1cccc(CNc2cc(N[C@@H]3CCCC[C@@H]3CO)nc3c(Br)cnn23)c1. The van der Waals surface area contributed by atoms with Crippen LogP contribution in [0.25, 0.3) is 5.65 Å². The number of pyridine rings is 1. The molecule has 2 atom stereocenters. The zero-order valence-electron chi connectivity index (χ0n) is 15.4. The minimum Gasteiger partial charge on any atom is -0.619 e. The van der Waals surface area contributed by atoms with Gasteiger partial charge in [-0.05, 0) is 34.8 Å². The number of anilines is 2. The molecule has 0 aromatic carbocycles. The highest BCUT2D eigenvalue weighted by Crippen LogP contribution is 2.28. The van der Waals surface area contributed by atoms with Crippen molar-refractivity contribution in [3.63, 3.8) is 0 Å². The van der Waals surface area contributed by atoms with E-state index in [1.54, 1.807) is 16.8 Å². The summed E-state index contributed by atoms with van der Waals surface area (Å²) in [5.74, 6) is 1.76. The van der Waals surface area contributed by atoms with Crippen LogP contribution in [-0.4, -0.2) is 32.4 Å². The number of aliphatic hydroxyl groups excluding tert-OH is 1. The van der Waals surface area contributed by atoms with E-state index in [9.17, 15) is 10.3 Å². The minimum atomic E-state index is 0.185. The molecule has 0 aliphatic heterocycles. The summed E-state index contributed by atoms with van der Waals surface area (Å²) >= 11 is 3.51. The van der Waals surface area contributed by atoms with Crippen molar-refractivity contribution in [2.75, 3.05) is 17.2 Å². The molecule has 1 aliphatic carbocycles. The molecule has 1 fully saturated rings. The van der Waals surface area contributed by atoms with Gasteiger partial charge in [0.05, 0.1) is 10.7 Å². The van der Waals surface area contributed by atoms with Gasteiger partial charge in [-0.25, -0.2) is 4.98 Å². The third-order valence-corrected chi connectivity index (χ3v) is 5.78. The highest BCUT2D eigenvalue weighted by atomic mass is 79.9. The second kappa shape index (κ2) is 8.32. The van der Waals surface area contributed by atoms with E-state index in [1.165, 1.54) is 12.4 Å². The van der Waals surface area contributed by atoms with Gasteiger partial charge in [-0.2, -0.15) is 14.3 Å². The molecule has 9 heteroatoms. The van der Waals surface area contributed by atoms with Crippen LogP contribution in [0.1, 0.15) is 31.2 Å². The van der Waals surface area contributed by atoms with Crippen molar-refractivity contribution in [1.29, 1.82) is 0 Å². The first-order valence-corrected chi connectivity index (χ1v) is 10.3. The smallest absolute Gasteiger partial charge is 0.185 e. The van der Waals surface area contributed by atoms with Crippen LogP contribution < -0.4 is 15.4 Å². The molecule has 148 valence electrons. The second-order valence-electron chi connectivity index (χ2n) is 7.16. The van der Waals surface area contributed by atoms with Crippen molar-refractivity contribution in [2.45, 2.75) is 38.3 Å². The van der Waals surface area contributed by atoms with Crippen molar-refractivity contribution in [3.8, 4) is 0 Å². The Morgan fingerprint density at radius 1 is 1.36 bits per heavy atom. The minimum absolute atomic E-state index is 0.185. The topological polar surface area (TPSA) is 101 Å². The monoisotopic (exact) mass is 446 g/mol. The van der Waals surface area contributed by atoms with E-state index < -0.39 is 0 Å². The highest BCUT2D eigenvalue weighted by molar-refractivity contribution is 9.10.